The third kappa shape index (κ3) is 4.47. The lowest BCUT2D eigenvalue weighted by molar-refractivity contribution is -0.118. The fraction of sp³-hybridized carbons (Fsp3) is 0.522. The number of anilines is 4. The van der Waals surface area contributed by atoms with Crippen LogP contribution in [0.2, 0.25) is 0 Å². The van der Waals surface area contributed by atoms with E-state index in [2.05, 4.69) is 15.2 Å². The van der Waals surface area contributed by atoms with Crippen LogP contribution in [-0.2, 0) is 19.6 Å². The van der Waals surface area contributed by atoms with Gasteiger partial charge < -0.3 is 19.9 Å². The summed E-state index contributed by atoms with van der Waals surface area (Å²) in [6.45, 7) is 2.19. The highest BCUT2D eigenvalue weighted by molar-refractivity contribution is 7.89. The minimum atomic E-state index is -3.55. The molecule has 1 N–H and O–H groups in total. The zero-order chi connectivity index (χ0) is 23.7. The van der Waals surface area contributed by atoms with E-state index in [1.807, 2.05) is 0 Å². The Morgan fingerprint density at radius 3 is 2.47 bits per heavy atom. The maximum atomic E-state index is 12.9. The Morgan fingerprint density at radius 2 is 1.76 bits per heavy atom. The largest absolute Gasteiger partial charge is 0.379 e. The quantitative estimate of drug-likeness (QED) is 0.686. The number of fused-ring (bicyclic) bond motifs is 1. The molecule has 5 rings (SSSR count). The summed E-state index contributed by atoms with van der Waals surface area (Å²) in [5, 5.41) is 3.19. The minimum Gasteiger partial charge on any atom is -0.379 e. The molecule has 2 aromatic rings. The lowest BCUT2D eigenvalue weighted by atomic mass is 10.2. The third-order valence-electron chi connectivity index (χ3n) is 6.81. The topological polar surface area (TPSA) is 108 Å². The highest BCUT2D eigenvalue weighted by Crippen LogP contribution is 2.36. The van der Waals surface area contributed by atoms with Crippen molar-refractivity contribution >= 4 is 39.1 Å². The van der Waals surface area contributed by atoms with Crippen LogP contribution in [0.3, 0.4) is 0 Å². The molecule has 1 aromatic heterocycles. The molecule has 2 fully saturated rings. The summed E-state index contributed by atoms with van der Waals surface area (Å²) in [5.41, 5.74) is 1.40. The predicted molar refractivity (Wildman–Crippen MR) is 129 cm³/mol. The molecule has 1 saturated heterocycles. The minimum absolute atomic E-state index is 0.0584. The second-order valence-electron chi connectivity index (χ2n) is 8.90. The first-order valence-corrected chi connectivity index (χ1v) is 13.2. The van der Waals surface area contributed by atoms with E-state index in [1.165, 1.54) is 17.1 Å². The summed E-state index contributed by atoms with van der Waals surface area (Å²) in [6, 6.07) is 6.99. The maximum Gasteiger partial charge on any atom is 0.243 e. The first kappa shape index (κ1) is 23.0. The van der Waals surface area contributed by atoms with Crippen molar-refractivity contribution in [1.82, 2.24) is 14.3 Å². The van der Waals surface area contributed by atoms with Gasteiger partial charge in [0.15, 0.2) is 5.82 Å². The molecule has 1 saturated carbocycles. The van der Waals surface area contributed by atoms with Gasteiger partial charge in [-0.25, -0.2) is 13.4 Å². The van der Waals surface area contributed by atoms with E-state index in [9.17, 15) is 13.2 Å². The predicted octanol–water partition coefficient (Wildman–Crippen LogP) is 2.36. The van der Waals surface area contributed by atoms with E-state index in [0.29, 0.717) is 62.6 Å². The normalized spacial score (nSPS) is 20.3. The number of carbonyl (C=O) groups excluding carboxylic acids is 1. The van der Waals surface area contributed by atoms with E-state index < -0.39 is 10.0 Å². The summed E-state index contributed by atoms with van der Waals surface area (Å²) in [6.07, 6.45) is 6.72. The number of amides is 1. The molecule has 34 heavy (non-hydrogen) atoms. The molecule has 0 spiro atoms. The molecule has 3 heterocycles. The molecule has 0 bridgehead atoms. The van der Waals surface area contributed by atoms with Gasteiger partial charge in [0, 0.05) is 44.8 Å². The first-order valence-electron chi connectivity index (χ1n) is 11.8. The van der Waals surface area contributed by atoms with Crippen LogP contribution in [0, 0.1) is 0 Å². The Kier molecular flexibility index (Phi) is 6.41. The number of benzene rings is 1. The van der Waals surface area contributed by atoms with Crippen LogP contribution in [-0.4, -0.2) is 74.5 Å². The Labute approximate surface area is 200 Å². The molecule has 10 nitrogen and oxygen atoms in total. The molecule has 1 amide bonds. The van der Waals surface area contributed by atoms with Gasteiger partial charge in [-0.2, -0.15) is 9.29 Å². The Hall–Kier alpha value is -2.76. The molecule has 2 aliphatic heterocycles. The molecule has 11 heteroatoms. The van der Waals surface area contributed by atoms with Gasteiger partial charge in [0.25, 0.3) is 0 Å². The molecule has 182 valence electrons. The van der Waals surface area contributed by atoms with Crippen LogP contribution in [0.1, 0.15) is 32.1 Å². The van der Waals surface area contributed by atoms with Crippen LogP contribution >= 0.6 is 0 Å². The van der Waals surface area contributed by atoms with Gasteiger partial charge >= 0.3 is 0 Å². The third-order valence-corrected chi connectivity index (χ3v) is 8.72. The highest BCUT2D eigenvalue weighted by atomic mass is 32.2. The monoisotopic (exact) mass is 486 g/mol. The number of carbonyl (C=O) groups is 1. The zero-order valence-electron chi connectivity index (χ0n) is 19.3. The number of morpholine rings is 1. The molecule has 0 radical (unpaired) electrons. The van der Waals surface area contributed by atoms with Crippen molar-refractivity contribution in [2.24, 2.45) is 0 Å². The number of hydrogen-bond donors (Lipinski definition) is 1. The Morgan fingerprint density at radius 1 is 1.06 bits per heavy atom. The number of sulfonamides is 1. The van der Waals surface area contributed by atoms with Crippen molar-refractivity contribution in [3.05, 3.63) is 30.5 Å². The van der Waals surface area contributed by atoms with Gasteiger partial charge in [-0.3, -0.25) is 4.79 Å². The Bertz CT molecular complexity index is 1140. The summed E-state index contributed by atoms with van der Waals surface area (Å²) < 4.78 is 32.4. The van der Waals surface area contributed by atoms with Crippen molar-refractivity contribution < 1.29 is 17.9 Å². The fourth-order valence-corrected chi connectivity index (χ4v) is 6.25. The first-order chi connectivity index (χ1) is 16.4. The lowest BCUT2D eigenvalue weighted by Gasteiger charge is -2.30. The van der Waals surface area contributed by atoms with Crippen molar-refractivity contribution in [3.63, 3.8) is 0 Å². The number of nitrogens with zero attached hydrogens (tertiary/aromatic N) is 5. The van der Waals surface area contributed by atoms with E-state index in [-0.39, 0.29) is 10.8 Å². The van der Waals surface area contributed by atoms with Crippen LogP contribution in [0.4, 0.5) is 23.1 Å². The highest BCUT2D eigenvalue weighted by Gasteiger charge is 2.32. The second kappa shape index (κ2) is 9.47. The molecule has 1 aliphatic carbocycles. The number of aromatic nitrogens is 2. The van der Waals surface area contributed by atoms with Gasteiger partial charge in [-0.1, -0.05) is 12.8 Å². The lowest BCUT2D eigenvalue weighted by Crippen LogP contribution is -2.40. The fourth-order valence-electron chi connectivity index (χ4n) is 4.85. The number of hydrogen-bond acceptors (Lipinski definition) is 8. The standard InChI is InChI=1S/C23H30N6O4S/c1-27-20-16-24-23(26-22(20)29(11-10-21(27)30)18-4-2-3-5-18)25-17-6-8-19(9-7-17)34(31,32)28-12-14-33-15-13-28/h6-9,16,18H,2-5,10-15H2,1H3,(H,24,25,26). The summed E-state index contributed by atoms with van der Waals surface area (Å²) in [5.74, 6) is 1.24. The molecule has 0 unspecified atom stereocenters. The van der Waals surface area contributed by atoms with Crippen LogP contribution in [0.15, 0.2) is 35.4 Å². The van der Waals surface area contributed by atoms with Crippen LogP contribution < -0.4 is 15.1 Å². The van der Waals surface area contributed by atoms with Crippen molar-refractivity contribution in [2.45, 2.75) is 43.0 Å². The number of nitrogens with one attached hydrogen (secondary N) is 1. The molecular weight excluding hydrogens is 456 g/mol. The van der Waals surface area contributed by atoms with Gasteiger partial charge in [0.2, 0.25) is 21.9 Å². The molecular formula is C23H30N6O4S. The van der Waals surface area contributed by atoms with Gasteiger partial charge in [-0.05, 0) is 37.1 Å². The van der Waals surface area contributed by atoms with E-state index in [1.54, 1.807) is 42.4 Å². The van der Waals surface area contributed by atoms with Crippen LogP contribution in [0.25, 0.3) is 0 Å². The van der Waals surface area contributed by atoms with Gasteiger partial charge in [-0.15, -0.1) is 0 Å². The SMILES string of the molecule is CN1C(=O)CCN(C2CCCC2)c2nc(Nc3ccc(S(=O)(=O)N4CCOCC4)cc3)ncc21. The van der Waals surface area contributed by atoms with Crippen molar-refractivity contribution in [3.8, 4) is 0 Å². The number of rotatable bonds is 5. The molecule has 3 aliphatic rings. The van der Waals surface area contributed by atoms with Gasteiger partial charge in [0.05, 0.1) is 24.3 Å². The number of ether oxygens (including phenoxy) is 1. The average molecular weight is 487 g/mol. The van der Waals surface area contributed by atoms with Crippen molar-refractivity contribution in [2.75, 3.05) is 55.0 Å². The van der Waals surface area contributed by atoms with Gasteiger partial charge in [0.1, 0.15) is 5.69 Å². The van der Waals surface area contributed by atoms with E-state index in [0.717, 1.165) is 18.7 Å². The average Bonchev–Trinajstić information content (AvgIpc) is 3.36. The summed E-state index contributed by atoms with van der Waals surface area (Å²) in [7, 11) is -1.78. The second-order valence-corrected chi connectivity index (χ2v) is 10.8. The van der Waals surface area contributed by atoms with Crippen molar-refractivity contribution in [1.29, 1.82) is 0 Å². The van der Waals surface area contributed by atoms with E-state index >= 15 is 0 Å². The summed E-state index contributed by atoms with van der Waals surface area (Å²) >= 11 is 0. The smallest absolute Gasteiger partial charge is 0.243 e. The zero-order valence-corrected chi connectivity index (χ0v) is 20.1. The molecule has 0 atom stereocenters. The van der Waals surface area contributed by atoms with E-state index in [4.69, 9.17) is 9.72 Å². The Balaban J connectivity index is 1.38. The van der Waals surface area contributed by atoms with Crippen LogP contribution in [0.5, 0.6) is 0 Å². The summed E-state index contributed by atoms with van der Waals surface area (Å²) in [4.78, 5) is 25.9. The maximum absolute atomic E-state index is 12.9. The molecule has 1 aromatic carbocycles.